The fraction of sp³-hybridized carbons (Fsp3) is 0.538. The van der Waals surface area contributed by atoms with Crippen molar-refractivity contribution >= 4 is 0 Å². The largest absolute Gasteiger partial charge is 0.379 e. The molecular formula is C13H22N2O. The molecule has 0 aliphatic carbocycles. The minimum absolute atomic E-state index is 0.147. The molecular weight excluding hydrogens is 200 g/mol. The maximum absolute atomic E-state index is 5.58. The van der Waals surface area contributed by atoms with E-state index in [9.17, 15) is 0 Å². The highest BCUT2D eigenvalue weighted by Crippen LogP contribution is 2.17. The standard InChI is InChI=1S/C13H22N2O/c1-13(2,16-3)10-12(15-14)9-11-7-5-4-6-8-11/h4-8,12,15H,9-10,14H2,1-3H3. The fourth-order valence-electron chi connectivity index (χ4n) is 1.77. The molecule has 0 saturated heterocycles. The Balaban J connectivity index is 2.56. The van der Waals surface area contributed by atoms with Crippen molar-refractivity contribution in [3.63, 3.8) is 0 Å². The molecule has 1 aromatic carbocycles. The Morgan fingerprint density at radius 3 is 2.44 bits per heavy atom. The summed E-state index contributed by atoms with van der Waals surface area (Å²) < 4.78 is 5.41. The molecule has 0 spiro atoms. The maximum Gasteiger partial charge on any atom is 0.0638 e. The summed E-state index contributed by atoms with van der Waals surface area (Å²) in [7, 11) is 1.73. The molecule has 3 heteroatoms. The Morgan fingerprint density at radius 2 is 1.94 bits per heavy atom. The number of methoxy groups -OCH3 is 1. The first-order chi connectivity index (χ1) is 7.57. The van der Waals surface area contributed by atoms with Gasteiger partial charge in [-0.3, -0.25) is 11.3 Å². The Kier molecular flexibility index (Phi) is 4.93. The molecule has 90 valence electrons. The summed E-state index contributed by atoms with van der Waals surface area (Å²) in [5, 5.41) is 0. The maximum atomic E-state index is 5.58. The van der Waals surface area contributed by atoms with E-state index < -0.39 is 0 Å². The number of rotatable bonds is 6. The second-order valence-electron chi connectivity index (χ2n) is 4.72. The van der Waals surface area contributed by atoms with Crippen molar-refractivity contribution in [2.45, 2.75) is 38.3 Å². The zero-order valence-electron chi connectivity index (χ0n) is 10.4. The summed E-state index contributed by atoms with van der Waals surface area (Å²) in [5.74, 6) is 5.58. The van der Waals surface area contributed by atoms with E-state index in [1.165, 1.54) is 5.56 Å². The number of nitrogens with two attached hydrogens (primary N) is 1. The van der Waals surface area contributed by atoms with Crippen molar-refractivity contribution in [3.8, 4) is 0 Å². The van der Waals surface area contributed by atoms with Gasteiger partial charge in [0.2, 0.25) is 0 Å². The molecule has 0 aliphatic heterocycles. The van der Waals surface area contributed by atoms with Crippen LogP contribution in [0.2, 0.25) is 0 Å². The van der Waals surface area contributed by atoms with Gasteiger partial charge in [-0.25, -0.2) is 0 Å². The van der Waals surface area contributed by atoms with Gasteiger partial charge in [0, 0.05) is 13.2 Å². The van der Waals surface area contributed by atoms with E-state index in [0.717, 1.165) is 12.8 Å². The predicted octanol–water partition coefficient (Wildman–Crippen LogP) is 1.88. The lowest BCUT2D eigenvalue weighted by Crippen LogP contribution is -2.42. The normalized spacial score (nSPS) is 13.8. The minimum Gasteiger partial charge on any atom is -0.379 e. The number of hydrogen-bond acceptors (Lipinski definition) is 3. The number of ether oxygens (including phenoxy) is 1. The monoisotopic (exact) mass is 222 g/mol. The highest BCUT2D eigenvalue weighted by Gasteiger charge is 2.22. The quantitative estimate of drug-likeness (QED) is 0.570. The van der Waals surface area contributed by atoms with Gasteiger partial charge in [-0.1, -0.05) is 30.3 Å². The number of hydrogen-bond donors (Lipinski definition) is 2. The molecule has 0 amide bonds. The van der Waals surface area contributed by atoms with Crippen LogP contribution >= 0.6 is 0 Å². The van der Waals surface area contributed by atoms with Crippen LogP contribution in [0.1, 0.15) is 25.8 Å². The average molecular weight is 222 g/mol. The van der Waals surface area contributed by atoms with Crippen LogP contribution in [0.25, 0.3) is 0 Å². The Bertz CT molecular complexity index is 298. The van der Waals surface area contributed by atoms with Gasteiger partial charge < -0.3 is 4.74 Å². The number of nitrogens with one attached hydrogen (secondary N) is 1. The van der Waals surface area contributed by atoms with Crippen LogP contribution in [-0.4, -0.2) is 18.8 Å². The summed E-state index contributed by atoms with van der Waals surface area (Å²) in [6.07, 6.45) is 1.80. The van der Waals surface area contributed by atoms with Crippen LogP contribution in [0.3, 0.4) is 0 Å². The second kappa shape index (κ2) is 5.99. The molecule has 0 fully saturated rings. The van der Waals surface area contributed by atoms with Gasteiger partial charge in [0.25, 0.3) is 0 Å². The molecule has 0 aliphatic rings. The van der Waals surface area contributed by atoms with Gasteiger partial charge in [-0.05, 0) is 32.3 Å². The molecule has 16 heavy (non-hydrogen) atoms. The van der Waals surface area contributed by atoms with Crippen molar-refractivity contribution in [3.05, 3.63) is 35.9 Å². The van der Waals surface area contributed by atoms with Gasteiger partial charge >= 0.3 is 0 Å². The van der Waals surface area contributed by atoms with Gasteiger partial charge in [-0.15, -0.1) is 0 Å². The van der Waals surface area contributed by atoms with Crippen molar-refractivity contribution in [1.82, 2.24) is 5.43 Å². The van der Waals surface area contributed by atoms with E-state index >= 15 is 0 Å². The predicted molar refractivity (Wildman–Crippen MR) is 67.0 cm³/mol. The lowest BCUT2D eigenvalue weighted by atomic mass is 9.94. The molecule has 0 heterocycles. The summed E-state index contributed by atoms with van der Waals surface area (Å²) >= 11 is 0. The lowest BCUT2D eigenvalue weighted by molar-refractivity contribution is 0.00711. The van der Waals surface area contributed by atoms with Crippen LogP contribution < -0.4 is 11.3 Å². The average Bonchev–Trinajstić information content (AvgIpc) is 2.29. The van der Waals surface area contributed by atoms with Crippen LogP contribution in [0, 0.1) is 0 Å². The van der Waals surface area contributed by atoms with Gasteiger partial charge in [0.05, 0.1) is 5.60 Å². The summed E-state index contributed by atoms with van der Waals surface area (Å²) in [6.45, 7) is 4.14. The molecule has 3 nitrogen and oxygen atoms in total. The molecule has 0 radical (unpaired) electrons. The molecule has 0 aromatic heterocycles. The van der Waals surface area contributed by atoms with Crippen LogP contribution in [0.4, 0.5) is 0 Å². The SMILES string of the molecule is COC(C)(C)CC(Cc1ccccc1)NN. The van der Waals surface area contributed by atoms with Crippen molar-refractivity contribution < 1.29 is 4.74 Å². The third-order valence-electron chi connectivity index (χ3n) is 2.85. The van der Waals surface area contributed by atoms with Crippen molar-refractivity contribution in [2.24, 2.45) is 5.84 Å². The van der Waals surface area contributed by atoms with Gasteiger partial charge in [0.1, 0.15) is 0 Å². The summed E-state index contributed by atoms with van der Waals surface area (Å²) in [4.78, 5) is 0. The summed E-state index contributed by atoms with van der Waals surface area (Å²) in [6, 6.07) is 10.6. The molecule has 0 bridgehead atoms. The highest BCUT2D eigenvalue weighted by atomic mass is 16.5. The molecule has 1 rings (SSSR count). The van der Waals surface area contributed by atoms with Gasteiger partial charge in [-0.2, -0.15) is 0 Å². The zero-order chi connectivity index (χ0) is 12.0. The minimum atomic E-state index is -0.147. The number of hydrazine groups is 1. The fourth-order valence-corrected chi connectivity index (χ4v) is 1.77. The molecule has 3 N–H and O–H groups in total. The Labute approximate surface area is 98.0 Å². The van der Waals surface area contributed by atoms with E-state index in [1.807, 2.05) is 18.2 Å². The first kappa shape index (κ1) is 13.2. The molecule has 1 atom stereocenters. The highest BCUT2D eigenvalue weighted by molar-refractivity contribution is 5.16. The Morgan fingerprint density at radius 1 is 1.31 bits per heavy atom. The van der Waals surface area contributed by atoms with E-state index in [4.69, 9.17) is 10.6 Å². The first-order valence-electron chi connectivity index (χ1n) is 5.62. The van der Waals surface area contributed by atoms with E-state index in [-0.39, 0.29) is 11.6 Å². The van der Waals surface area contributed by atoms with Crippen molar-refractivity contribution in [2.75, 3.05) is 7.11 Å². The van der Waals surface area contributed by atoms with Crippen molar-refractivity contribution in [1.29, 1.82) is 0 Å². The topological polar surface area (TPSA) is 47.3 Å². The first-order valence-corrected chi connectivity index (χ1v) is 5.62. The van der Waals surface area contributed by atoms with Crippen LogP contribution in [-0.2, 0) is 11.2 Å². The second-order valence-corrected chi connectivity index (χ2v) is 4.72. The van der Waals surface area contributed by atoms with Gasteiger partial charge in [0.15, 0.2) is 0 Å². The van der Waals surface area contributed by atoms with E-state index in [0.29, 0.717) is 0 Å². The van der Waals surface area contributed by atoms with E-state index in [2.05, 4.69) is 31.4 Å². The number of benzene rings is 1. The molecule has 1 unspecified atom stereocenters. The Hall–Kier alpha value is -0.900. The zero-order valence-corrected chi connectivity index (χ0v) is 10.4. The lowest BCUT2D eigenvalue weighted by Gasteiger charge is -2.28. The van der Waals surface area contributed by atoms with E-state index in [1.54, 1.807) is 7.11 Å². The third-order valence-corrected chi connectivity index (χ3v) is 2.85. The molecule has 1 aromatic rings. The molecule has 0 saturated carbocycles. The summed E-state index contributed by atoms with van der Waals surface area (Å²) in [5.41, 5.74) is 4.00. The third kappa shape index (κ3) is 4.31. The van der Waals surface area contributed by atoms with Crippen LogP contribution in [0.5, 0.6) is 0 Å². The smallest absolute Gasteiger partial charge is 0.0638 e. The van der Waals surface area contributed by atoms with Crippen LogP contribution in [0.15, 0.2) is 30.3 Å².